The van der Waals surface area contributed by atoms with E-state index in [1.807, 2.05) is 0 Å². The molecule has 4 nitrogen and oxygen atoms in total. The molecule has 0 amide bonds. The number of rotatable bonds is 5. The summed E-state index contributed by atoms with van der Waals surface area (Å²) >= 11 is 1.66. The Bertz CT molecular complexity index is 446. The Morgan fingerprint density at radius 3 is 2.65 bits per heavy atom. The second-order valence-corrected chi connectivity index (χ2v) is 7.25. The van der Waals surface area contributed by atoms with Crippen molar-refractivity contribution in [2.45, 2.75) is 45.8 Å². The van der Waals surface area contributed by atoms with E-state index in [-0.39, 0.29) is 6.61 Å². The molecule has 114 valence electrons. The van der Waals surface area contributed by atoms with Crippen molar-refractivity contribution in [1.29, 1.82) is 0 Å². The number of aliphatic hydroxyl groups excluding tert-OH is 1. The molecule has 2 heterocycles. The first-order valence-electron chi connectivity index (χ1n) is 7.49. The summed E-state index contributed by atoms with van der Waals surface area (Å²) in [5.74, 6) is 1.07. The van der Waals surface area contributed by atoms with Gasteiger partial charge in [-0.1, -0.05) is 32.1 Å². The second kappa shape index (κ2) is 6.41. The Labute approximate surface area is 126 Å². The second-order valence-electron chi connectivity index (χ2n) is 6.19. The van der Waals surface area contributed by atoms with Crippen molar-refractivity contribution in [1.82, 2.24) is 9.88 Å². The highest BCUT2D eigenvalue weighted by molar-refractivity contribution is 7.15. The fraction of sp³-hybridized carbons (Fsp3) is 0.800. The lowest BCUT2D eigenvalue weighted by molar-refractivity contribution is 0.266. The molecule has 1 aliphatic heterocycles. The minimum Gasteiger partial charge on any atom is -0.391 e. The smallest absolute Gasteiger partial charge is 0.185 e. The Hall–Kier alpha value is -0.650. The quantitative estimate of drug-likeness (QED) is 0.906. The number of hydrogen-bond donors (Lipinski definition) is 1. The van der Waals surface area contributed by atoms with Gasteiger partial charge in [0.25, 0.3) is 0 Å². The van der Waals surface area contributed by atoms with E-state index in [1.165, 1.54) is 0 Å². The summed E-state index contributed by atoms with van der Waals surface area (Å²) in [4.78, 5) is 10.6. The summed E-state index contributed by atoms with van der Waals surface area (Å²) < 4.78 is 0. The SMILES string of the molecule is CCC(C)c1nc(N2CC(C)C(N(C)C)C2)sc1CO. The van der Waals surface area contributed by atoms with Gasteiger partial charge in [0.2, 0.25) is 0 Å². The minimum atomic E-state index is 0.109. The van der Waals surface area contributed by atoms with Crippen molar-refractivity contribution in [3.8, 4) is 0 Å². The van der Waals surface area contributed by atoms with Crippen LogP contribution in [0.25, 0.3) is 0 Å². The summed E-state index contributed by atoms with van der Waals surface area (Å²) in [6.45, 7) is 8.87. The number of aliphatic hydroxyl groups is 1. The monoisotopic (exact) mass is 297 g/mol. The molecule has 1 aliphatic rings. The van der Waals surface area contributed by atoms with Gasteiger partial charge in [0, 0.05) is 19.1 Å². The predicted octanol–water partition coefficient (Wildman–Crippen LogP) is 2.54. The van der Waals surface area contributed by atoms with Crippen LogP contribution in [-0.4, -0.2) is 48.2 Å². The highest BCUT2D eigenvalue weighted by Crippen LogP contribution is 2.35. The number of hydrogen-bond acceptors (Lipinski definition) is 5. The van der Waals surface area contributed by atoms with Gasteiger partial charge in [-0.3, -0.25) is 0 Å². The zero-order chi connectivity index (χ0) is 14.9. The molecule has 0 saturated carbocycles. The largest absolute Gasteiger partial charge is 0.391 e. The molecule has 2 rings (SSSR count). The van der Waals surface area contributed by atoms with Crippen molar-refractivity contribution >= 4 is 16.5 Å². The first-order chi connectivity index (χ1) is 9.47. The zero-order valence-electron chi connectivity index (χ0n) is 13.3. The van der Waals surface area contributed by atoms with Crippen LogP contribution in [0, 0.1) is 5.92 Å². The summed E-state index contributed by atoms with van der Waals surface area (Å²) in [5.41, 5.74) is 1.09. The van der Waals surface area contributed by atoms with E-state index in [1.54, 1.807) is 11.3 Å². The number of thiazole rings is 1. The molecule has 20 heavy (non-hydrogen) atoms. The average Bonchev–Trinajstić information content (AvgIpc) is 3.00. The third-order valence-corrected chi connectivity index (χ3v) is 5.56. The van der Waals surface area contributed by atoms with Gasteiger partial charge in [-0.25, -0.2) is 4.98 Å². The predicted molar refractivity (Wildman–Crippen MR) is 85.6 cm³/mol. The Balaban J connectivity index is 2.20. The topological polar surface area (TPSA) is 39.6 Å². The first-order valence-corrected chi connectivity index (χ1v) is 8.31. The maximum absolute atomic E-state index is 9.55. The van der Waals surface area contributed by atoms with E-state index >= 15 is 0 Å². The number of likely N-dealkylation sites (N-methyl/N-ethyl adjacent to an activating group) is 1. The highest BCUT2D eigenvalue weighted by atomic mass is 32.1. The molecular formula is C15H27N3OS. The van der Waals surface area contributed by atoms with E-state index < -0.39 is 0 Å². The van der Waals surface area contributed by atoms with Crippen molar-refractivity contribution in [3.05, 3.63) is 10.6 Å². The summed E-state index contributed by atoms with van der Waals surface area (Å²) in [6.07, 6.45) is 1.06. The Morgan fingerprint density at radius 1 is 1.45 bits per heavy atom. The zero-order valence-corrected chi connectivity index (χ0v) is 14.1. The molecule has 0 aromatic carbocycles. The molecular weight excluding hydrogens is 270 g/mol. The van der Waals surface area contributed by atoms with Crippen molar-refractivity contribution < 1.29 is 5.11 Å². The molecule has 1 aromatic rings. The maximum Gasteiger partial charge on any atom is 0.185 e. The van der Waals surface area contributed by atoms with Gasteiger partial charge in [0.05, 0.1) is 17.2 Å². The van der Waals surface area contributed by atoms with Gasteiger partial charge in [-0.05, 0) is 32.4 Å². The molecule has 0 radical (unpaired) electrons. The molecule has 0 aliphatic carbocycles. The average molecular weight is 297 g/mol. The lowest BCUT2D eigenvalue weighted by Crippen LogP contribution is -2.34. The van der Waals surface area contributed by atoms with Gasteiger partial charge in [0.15, 0.2) is 5.13 Å². The Morgan fingerprint density at radius 2 is 2.15 bits per heavy atom. The minimum absolute atomic E-state index is 0.109. The highest BCUT2D eigenvalue weighted by Gasteiger charge is 2.33. The molecule has 1 aromatic heterocycles. The fourth-order valence-corrected chi connectivity index (χ4v) is 4.01. The first kappa shape index (κ1) is 15.7. The van der Waals surface area contributed by atoms with Crippen LogP contribution in [0.5, 0.6) is 0 Å². The molecule has 1 saturated heterocycles. The van der Waals surface area contributed by atoms with E-state index in [2.05, 4.69) is 44.7 Å². The summed E-state index contributed by atoms with van der Waals surface area (Å²) in [6, 6.07) is 0.587. The van der Waals surface area contributed by atoms with Crippen molar-refractivity contribution in [2.24, 2.45) is 5.92 Å². The summed E-state index contributed by atoms with van der Waals surface area (Å²) in [7, 11) is 4.30. The number of nitrogens with zero attached hydrogens (tertiary/aromatic N) is 3. The number of anilines is 1. The van der Waals surface area contributed by atoms with Gasteiger partial charge in [0.1, 0.15) is 0 Å². The lowest BCUT2D eigenvalue weighted by atomic mass is 10.0. The number of aromatic nitrogens is 1. The molecule has 1 N–H and O–H groups in total. The van der Waals surface area contributed by atoms with Crippen molar-refractivity contribution in [2.75, 3.05) is 32.1 Å². The molecule has 3 atom stereocenters. The molecule has 0 spiro atoms. The van der Waals surface area contributed by atoms with Crippen LogP contribution in [0.3, 0.4) is 0 Å². The third kappa shape index (κ3) is 3.00. The normalized spacial score (nSPS) is 24.6. The van der Waals surface area contributed by atoms with Gasteiger partial charge in [-0.2, -0.15) is 0 Å². The maximum atomic E-state index is 9.55. The standard InChI is InChI=1S/C15H27N3OS/c1-6-10(2)14-13(9-19)20-15(16-14)18-7-11(3)12(8-18)17(4)5/h10-12,19H,6-9H2,1-5H3. The van der Waals surface area contributed by atoms with Gasteiger partial charge >= 0.3 is 0 Å². The van der Waals surface area contributed by atoms with Crippen LogP contribution in [0.2, 0.25) is 0 Å². The van der Waals surface area contributed by atoms with E-state index in [9.17, 15) is 5.11 Å². The summed E-state index contributed by atoms with van der Waals surface area (Å²) in [5, 5.41) is 10.6. The molecule has 0 bridgehead atoms. The third-order valence-electron chi connectivity index (χ3n) is 4.45. The van der Waals surface area contributed by atoms with E-state index in [4.69, 9.17) is 4.98 Å². The van der Waals surface area contributed by atoms with E-state index in [0.717, 1.165) is 35.2 Å². The Kier molecular flexibility index (Phi) is 5.04. The van der Waals surface area contributed by atoms with Crippen LogP contribution >= 0.6 is 11.3 Å². The van der Waals surface area contributed by atoms with Gasteiger partial charge < -0.3 is 14.9 Å². The van der Waals surface area contributed by atoms with Crippen LogP contribution in [0.1, 0.15) is 43.7 Å². The van der Waals surface area contributed by atoms with Crippen LogP contribution < -0.4 is 4.90 Å². The van der Waals surface area contributed by atoms with Crippen LogP contribution in [0.15, 0.2) is 0 Å². The van der Waals surface area contributed by atoms with Gasteiger partial charge in [-0.15, -0.1) is 0 Å². The van der Waals surface area contributed by atoms with Crippen molar-refractivity contribution in [3.63, 3.8) is 0 Å². The van der Waals surface area contributed by atoms with Crippen LogP contribution in [-0.2, 0) is 6.61 Å². The molecule has 5 heteroatoms. The molecule has 1 fully saturated rings. The fourth-order valence-electron chi connectivity index (χ4n) is 2.96. The lowest BCUT2D eigenvalue weighted by Gasteiger charge is -2.22. The molecule has 3 unspecified atom stereocenters. The van der Waals surface area contributed by atoms with E-state index in [0.29, 0.717) is 17.9 Å². The van der Waals surface area contributed by atoms with Crippen LogP contribution in [0.4, 0.5) is 5.13 Å².